The Labute approximate surface area is 172 Å². The summed E-state index contributed by atoms with van der Waals surface area (Å²) in [5.41, 5.74) is 1.11. The van der Waals surface area contributed by atoms with Crippen molar-refractivity contribution in [2.45, 2.75) is 13.0 Å². The van der Waals surface area contributed by atoms with Gasteiger partial charge in [0.2, 0.25) is 0 Å². The van der Waals surface area contributed by atoms with Crippen molar-refractivity contribution in [2.24, 2.45) is 0 Å². The average molecular weight is 403 g/mol. The molecule has 2 N–H and O–H groups in total. The van der Waals surface area contributed by atoms with Gasteiger partial charge < -0.3 is 19.8 Å². The second kappa shape index (κ2) is 9.21. The topological polar surface area (TPSA) is 121 Å². The molecule has 0 saturated carbocycles. The largest absolute Gasteiger partial charge is 0.459 e. The normalized spacial score (nSPS) is 11.1. The van der Waals surface area contributed by atoms with Gasteiger partial charge in [0.25, 0.3) is 11.8 Å². The van der Waals surface area contributed by atoms with Crippen LogP contribution in [-0.4, -0.2) is 23.9 Å². The van der Waals surface area contributed by atoms with Crippen molar-refractivity contribution in [3.63, 3.8) is 0 Å². The minimum atomic E-state index is -1.11. The third-order valence-electron chi connectivity index (χ3n) is 4.05. The molecule has 0 aliphatic heterocycles. The lowest BCUT2D eigenvalue weighted by Gasteiger charge is -2.15. The summed E-state index contributed by atoms with van der Waals surface area (Å²) in [5, 5.41) is 14.1. The van der Waals surface area contributed by atoms with E-state index in [2.05, 4.69) is 10.6 Å². The van der Waals surface area contributed by atoms with Crippen LogP contribution in [0.3, 0.4) is 0 Å². The number of anilines is 2. The molecule has 150 valence electrons. The fraction of sp³-hybridized carbons (Fsp3) is 0.0909. The number of benzene rings is 2. The number of nitriles is 1. The predicted octanol–water partition coefficient (Wildman–Crippen LogP) is 3.59. The fourth-order valence-corrected chi connectivity index (χ4v) is 2.55. The first kappa shape index (κ1) is 20.4. The van der Waals surface area contributed by atoms with E-state index in [0.717, 1.165) is 0 Å². The summed E-state index contributed by atoms with van der Waals surface area (Å²) in [7, 11) is 0. The zero-order valence-electron chi connectivity index (χ0n) is 15.9. The van der Waals surface area contributed by atoms with E-state index in [4.69, 9.17) is 14.4 Å². The summed E-state index contributed by atoms with van der Waals surface area (Å²) in [6.45, 7) is 1.42. The van der Waals surface area contributed by atoms with Crippen LogP contribution in [0, 0.1) is 11.3 Å². The monoisotopic (exact) mass is 403 g/mol. The maximum atomic E-state index is 12.6. The molecule has 0 radical (unpaired) electrons. The lowest BCUT2D eigenvalue weighted by Crippen LogP contribution is -2.30. The van der Waals surface area contributed by atoms with E-state index in [-0.39, 0.29) is 17.0 Å². The van der Waals surface area contributed by atoms with Crippen molar-refractivity contribution in [2.75, 3.05) is 10.6 Å². The fourth-order valence-electron chi connectivity index (χ4n) is 2.55. The molecule has 0 unspecified atom stereocenters. The molecule has 0 saturated heterocycles. The second-order valence-electron chi connectivity index (χ2n) is 6.21. The van der Waals surface area contributed by atoms with Crippen LogP contribution in [0.2, 0.25) is 0 Å². The van der Waals surface area contributed by atoms with Crippen molar-refractivity contribution in [3.05, 3.63) is 83.8 Å². The number of amides is 2. The Balaban J connectivity index is 1.67. The van der Waals surface area contributed by atoms with Gasteiger partial charge in [0.1, 0.15) is 0 Å². The van der Waals surface area contributed by atoms with Crippen LogP contribution in [0.25, 0.3) is 0 Å². The summed E-state index contributed by atoms with van der Waals surface area (Å²) in [5.74, 6) is -1.77. The van der Waals surface area contributed by atoms with Gasteiger partial charge in [-0.3, -0.25) is 9.59 Å². The Bertz CT molecular complexity index is 1120. The number of carbonyl (C=O) groups excluding carboxylic acids is 3. The Kier molecular flexibility index (Phi) is 6.25. The zero-order valence-corrected chi connectivity index (χ0v) is 15.9. The van der Waals surface area contributed by atoms with Gasteiger partial charge in [-0.15, -0.1) is 0 Å². The second-order valence-corrected chi connectivity index (χ2v) is 6.21. The molecule has 8 nitrogen and oxygen atoms in total. The standard InChI is InChI=1S/C22H17N3O5/c1-14(20(26)24-16-7-4-6-15(12-16)13-23)30-22(28)17-8-2-3-9-18(17)25-21(27)19-10-5-11-29-19/h2-12,14H,1H3,(H,24,26)(H,25,27)/t14-/m1/s1. The number of nitrogens with zero attached hydrogens (tertiary/aromatic N) is 1. The summed E-state index contributed by atoms with van der Waals surface area (Å²) in [6, 6.07) is 17.7. The minimum absolute atomic E-state index is 0.0866. The van der Waals surface area contributed by atoms with E-state index in [1.54, 1.807) is 36.4 Å². The number of hydrogen-bond acceptors (Lipinski definition) is 6. The van der Waals surface area contributed by atoms with Crippen LogP contribution in [0.1, 0.15) is 33.4 Å². The van der Waals surface area contributed by atoms with Gasteiger partial charge in [-0.1, -0.05) is 18.2 Å². The minimum Gasteiger partial charge on any atom is -0.459 e. The third-order valence-corrected chi connectivity index (χ3v) is 4.05. The molecule has 1 aromatic heterocycles. The summed E-state index contributed by atoms with van der Waals surface area (Å²) in [4.78, 5) is 37.1. The number of hydrogen-bond donors (Lipinski definition) is 2. The highest BCUT2D eigenvalue weighted by Gasteiger charge is 2.22. The van der Waals surface area contributed by atoms with Gasteiger partial charge >= 0.3 is 5.97 Å². The Morgan fingerprint density at radius 3 is 2.57 bits per heavy atom. The molecule has 3 rings (SSSR count). The molecule has 0 aliphatic rings. The Morgan fingerprint density at radius 2 is 1.83 bits per heavy atom. The lowest BCUT2D eigenvalue weighted by molar-refractivity contribution is -0.123. The molecular formula is C22H17N3O5. The van der Waals surface area contributed by atoms with Crippen molar-refractivity contribution < 1.29 is 23.5 Å². The van der Waals surface area contributed by atoms with E-state index >= 15 is 0 Å². The SMILES string of the molecule is C[C@@H](OC(=O)c1ccccc1NC(=O)c1ccco1)C(=O)Nc1cccc(C#N)c1. The molecule has 2 amide bonds. The molecule has 0 bridgehead atoms. The van der Waals surface area contributed by atoms with Gasteiger partial charge in [-0.05, 0) is 49.4 Å². The van der Waals surface area contributed by atoms with E-state index in [0.29, 0.717) is 11.3 Å². The van der Waals surface area contributed by atoms with Crippen LogP contribution in [-0.2, 0) is 9.53 Å². The highest BCUT2D eigenvalue weighted by atomic mass is 16.5. The molecule has 2 aromatic carbocycles. The molecule has 0 aliphatic carbocycles. The van der Waals surface area contributed by atoms with E-state index in [1.165, 1.54) is 37.5 Å². The average Bonchev–Trinajstić information content (AvgIpc) is 3.29. The molecule has 30 heavy (non-hydrogen) atoms. The van der Waals surface area contributed by atoms with Crippen LogP contribution in [0.15, 0.2) is 71.3 Å². The number of rotatable bonds is 6. The van der Waals surface area contributed by atoms with E-state index in [9.17, 15) is 14.4 Å². The molecule has 0 fully saturated rings. The smallest absolute Gasteiger partial charge is 0.341 e. The highest BCUT2D eigenvalue weighted by molar-refractivity contribution is 6.07. The maximum absolute atomic E-state index is 12.6. The molecule has 1 heterocycles. The van der Waals surface area contributed by atoms with Crippen LogP contribution < -0.4 is 10.6 Å². The number of furan rings is 1. The summed E-state index contributed by atoms with van der Waals surface area (Å²) in [6.07, 6.45) is 0.249. The number of ether oxygens (including phenoxy) is 1. The van der Waals surface area contributed by atoms with Gasteiger partial charge in [0, 0.05) is 5.69 Å². The van der Waals surface area contributed by atoms with Gasteiger partial charge in [0.15, 0.2) is 11.9 Å². The molecule has 3 aromatic rings. The quantitative estimate of drug-likeness (QED) is 0.607. The van der Waals surface area contributed by atoms with Gasteiger partial charge in [-0.2, -0.15) is 5.26 Å². The molecule has 1 atom stereocenters. The van der Waals surface area contributed by atoms with Crippen molar-refractivity contribution in [1.82, 2.24) is 0 Å². The molecule has 8 heteroatoms. The zero-order chi connectivity index (χ0) is 21.5. The van der Waals surface area contributed by atoms with Gasteiger partial charge in [-0.25, -0.2) is 4.79 Å². The first-order valence-corrected chi connectivity index (χ1v) is 8.94. The predicted molar refractivity (Wildman–Crippen MR) is 108 cm³/mol. The maximum Gasteiger partial charge on any atom is 0.341 e. The first-order chi connectivity index (χ1) is 14.5. The van der Waals surface area contributed by atoms with E-state index in [1.807, 2.05) is 6.07 Å². The number of nitrogens with one attached hydrogen (secondary N) is 2. The summed E-state index contributed by atoms with van der Waals surface area (Å²) >= 11 is 0. The third kappa shape index (κ3) is 4.91. The first-order valence-electron chi connectivity index (χ1n) is 8.94. The van der Waals surface area contributed by atoms with Gasteiger partial charge in [0.05, 0.1) is 29.1 Å². The van der Waals surface area contributed by atoms with Crippen molar-refractivity contribution >= 4 is 29.2 Å². The number of carbonyl (C=O) groups is 3. The Morgan fingerprint density at radius 1 is 1.03 bits per heavy atom. The lowest BCUT2D eigenvalue weighted by atomic mass is 10.1. The highest BCUT2D eigenvalue weighted by Crippen LogP contribution is 2.19. The number of para-hydroxylation sites is 1. The van der Waals surface area contributed by atoms with Crippen LogP contribution >= 0.6 is 0 Å². The van der Waals surface area contributed by atoms with Crippen LogP contribution in [0.4, 0.5) is 11.4 Å². The molecular weight excluding hydrogens is 386 g/mol. The molecule has 0 spiro atoms. The summed E-state index contributed by atoms with van der Waals surface area (Å²) < 4.78 is 10.3. The van der Waals surface area contributed by atoms with Crippen molar-refractivity contribution in [1.29, 1.82) is 5.26 Å². The Hall–Kier alpha value is -4.38. The van der Waals surface area contributed by atoms with Crippen LogP contribution in [0.5, 0.6) is 0 Å². The van der Waals surface area contributed by atoms with Crippen molar-refractivity contribution in [3.8, 4) is 6.07 Å². The number of esters is 1. The van der Waals surface area contributed by atoms with E-state index < -0.39 is 23.9 Å².